The lowest BCUT2D eigenvalue weighted by Crippen LogP contribution is -2.22. The Kier molecular flexibility index (Phi) is 9.85. The molecule has 0 heterocycles. The number of nitrogens with one attached hydrogen (secondary N) is 1. The maximum Gasteiger partial charge on any atom is 0.164 e. The summed E-state index contributed by atoms with van der Waals surface area (Å²) in [6.45, 7) is 7.49. The van der Waals surface area contributed by atoms with E-state index in [9.17, 15) is 9.18 Å². The van der Waals surface area contributed by atoms with Crippen LogP contribution in [0.4, 0.5) is 4.39 Å². The standard InChI is InChI=1S/C25H34FNO2/c1-4-9-20(10-5-2)18-29-24-16-22(15-23(26)17-24)25(28)13-14-27-19(3)21-11-7-6-8-12-21/h6-8,11-12,15-17,19-20,27H,4-5,9-10,13-14,18H2,1-3H3/t19-/m0/s1. The second kappa shape index (κ2) is 12.4. The van der Waals surface area contributed by atoms with Crippen LogP contribution in [-0.4, -0.2) is 18.9 Å². The van der Waals surface area contributed by atoms with Crippen molar-refractivity contribution in [3.8, 4) is 5.75 Å². The number of ketones is 1. The van der Waals surface area contributed by atoms with Crippen molar-refractivity contribution in [3.63, 3.8) is 0 Å². The topological polar surface area (TPSA) is 38.3 Å². The number of carbonyl (C=O) groups excluding carboxylic acids is 1. The fourth-order valence-electron chi connectivity index (χ4n) is 3.55. The summed E-state index contributed by atoms with van der Waals surface area (Å²) in [5, 5.41) is 3.35. The van der Waals surface area contributed by atoms with Crippen LogP contribution >= 0.6 is 0 Å². The Bertz CT molecular complexity index is 742. The van der Waals surface area contributed by atoms with Gasteiger partial charge in [0.05, 0.1) is 6.61 Å². The molecule has 0 unspecified atom stereocenters. The quantitative estimate of drug-likeness (QED) is 0.399. The zero-order valence-corrected chi connectivity index (χ0v) is 17.9. The van der Waals surface area contributed by atoms with Crippen molar-refractivity contribution in [2.45, 2.75) is 58.9 Å². The molecule has 3 nitrogen and oxygen atoms in total. The number of halogens is 1. The molecular formula is C25H34FNO2. The van der Waals surface area contributed by atoms with Gasteiger partial charge in [-0.2, -0.15) is 0 Å². The molecule has 0 aliphatic heterocycles. The summed E-state index contributed by atoms with van der Waals surface area (Å²) in [5.74, 6) is 0.395. The highest BCUT2D eigenvalue weighted by Gasteiger charge is 2.13. The molecule has 4 heteroatoms. The molecule has 0 spiro atoms. The van der Waals surface area contributed by atoms with Gasteiger partial charge in [-0.3, -0.25) is 4.79 Å². The summed E-state index contributed by atoms with van der Waals surface area (Å²) >= 11 is 0. The third kappa shape index (κ3) is 7.98. The van der Waals surface area contributed by atoms with E-state index in [1.54, 1.807) is 6.07 Å². The molecule has 2 rings (SSSR count). The minimum atomic E-state index is -0.431. The smallest absolute Gasteiger partial charge is 0.164 e. The van der Waals surface area contributed by atoms with Crippen molar-refractivity contribution in [1.82, 2.24) is 5.32 Å². The van der Waals surface area contributed by atoms with E-state index in [1.807, 2.05) is 18.2 Å². The molecule has 0 aliphatic rings. The highest BCUT2D eigenvalue weighted by atomic mass is 19.1. The average molecular weight is 400 g/mol. The lowest BCUT2D eigenvalue weighted by molar-refractivity contribution is 0.0980. The van der Waals surface area contributed by atoms with Crippen LogP contribution in [0.5, 0.6) is 5.75 Å². The van der Waals surface area contributed by atoms with Crippen LogP contribution in [0.3, 0.4) is 0 Å². The molecule has 0 aliphatic carbocycles. The zero-order valence-electron chi connectivity index (χ0n) is 17.9. The van der Waals surface area contributed by atoms with E-state index in [0.717, 1.165) is 25.7 Å². The first kappa shape index (κ1) is 23.1. The molecule has 0 bridgehead atoms. The largest absolute Gasteiger partial charge is 0.493 e. The number of hydrogen-bond acceptors (Lipinski definition) is 3. The molecule has 0 saturated heterocycles. The van der Waals surface area contributed by atoms with E-state index in [4.69, 9.17) is 4.74 Å². The maximum absolute atomic E-state index is 14.0. The number of carbonyl (C=O) groups is 1. The fourth-order valence-corrected chi connectivity index (χ4v) is 3.55. The van der Waals surface area contributed by atoms with Gasteiger partial charge >= 0.3 is 0 Å². The van der Waals surface area contributed by atoms with E-state index in [2.05, 4.69) is 38.2 Å². The minimum Gasteiger partial charge on any atom is -0.493 e. The monoisotopic (exact) mass is 399 g/mol. The first-order valence-corrected chi connectivity index (χ1v) is 10.8. The molecule has 0 saturated carbocycles. The molecule has 2 aromatic rings. The summed E-state index contributed by atoms with van der Waals surface area (Å²) < 4.78 is 19.9. The predicted molar refractivity (Wildman–Crippen MR) is 117 cm³/mol. The Hall–Kier alpha value is -2.20. The third-order valence-electron chi connectivity index (χ3n) is 5.17. The van der Waals surface area contributed by atoms with Gasteiger partial charge in [0.15, 0.2) is 5.78 Å². The first-order valence-electron chi connectivity index (χ1n) is 10.8. The molecule has 29 heavy (non-hydrogen) atoms. The fraction of sp³-hybridized carbons (Fsp3) is 0.480. The second-order valence-electron chi connectivity index (χ2n) is 7.69. The van der Waals surface area contributed by atoms with Gasteiger partial charge in [0.25, 0.3) is 0 Å². The van der Waals surface area contributed by atoms with Crippen LogP contribution in [0.25, 0.3) is 0 Å². The number of benzene rings is 2. The van der Waals surface area contributed by atoms with Crippen LogP contribution in [0.15, 0.2) is 48.5 Å². The van der Waals surface area contributed by atoms with E-state index in [1.165, 1.54) is 17.7 Å². The molecule has 0 radical (unpaired) electrons. The molecule has 0 amide bonds. The Labute approximate surface area is 174 Å². The summed E-state index contributed by atoms with van der Waals surface area (Å²) in [7, 11) is 0. The summed E-state index contributed by atoms with van der Waals surface area (Å²) in [6, 6.07) is 14.6. The third-order valence-corrected chi connectivity index (χ3v) is 5.17. The molecule has 0 aromatic heterocycles. The normalized spacial score (nSPS) is 12.2. The van der Waals surface area contributed by atoms with Gasteiger partial charge in [-0.1, -0.05) is 57.0 Å². The van der Waals surface area contributed by atoms with Gasteiger partial charge in [-0.15, -0.1) is 0 Å². The van der Waals surface area contributed by atoms with E-state index in [-0.39, 0.29) is 11.8 Å². The van der Waals surface area contributed by atoms with Crippen LogP contribution < -0.4 is 10.1 Å². The number of hydrogen-bond donors (Lipinski definition) is 1. The van der Waals surface area contributed by atoms with Gasteiger partial charge in [0, 0.05) is 30.6 Å². The van der Waals surface area contributed by atoms with Crippen LogP contribution in [0.2, 0.25) is 0 Å². The van der Waals surface area contributed by atoms with Gasteiger partial charge in [0.1, 0.15) is 11.6 Å². The predicted octanol–water partition coefficient (Wildman–Crippen LogP) is 6.34. The van der Waals surface area contributed by atoms with Crippen LogP contribution in [-0.2, 0) is 0 Å². The highest BCUT2D eigenvalue weighted by Crippen LogP contribution is 2.21. The van der Waals surface area contributed by atoms with E-state index >= 15 is 0 Å². The molecule has 1 N–H and O–H groups in total. The molecule has 1 atom stereocenters. The van der Waals surface area contributed by atoms with Crippen LogP contribution in [0.1, 0.15) is 74.8 Å². The van der Waals surface area contributed by atoms with E-state index < -0.39 is 5.82 Å². The Balaban J connectivity index is 1.89. The Morgan fingerprint density at radius 2 is 1.76 bits per heavy atom. The minimum absolute atomic E-state index is 0.0826. The van der Waals surface area contributed by atoms with Crippen molar-refractivity contribution >= 4 is 5.78 Å². The van der Waals surface area contributed by atoms with Crippen molar-refractivity contribution in [3.05, 3.63) is 65.5 Å². The average Bonchev–Trinajstić information content (AvgIpc) is 2.72. The Morgan fingerprint density at radius 3 is 2.41 bits per heavy atom. The van der Waals surface area contributed by atoms with Crippen molar-refractivity contribution < 1.29 is 13.9 Å². The summed E-state index contributed by atoms with van der Waals surface area (Å²) in [6.07, 6.45) is 4.72. The van der Waals surface area contributed by atoms with Crippen molar-refractivity contribution in [2.75, 3.05) is 13.2 Å². The molecule has 158 valence electrons. The van der Waals surface area contributed by atoms with Crippen molar-refractivity contribution in [1.29, 1.82) is 0 Å². The van der Waals surface area contributed by atoms with Crippen LogP contribution in [0, 0.1) is 11.7 Å². The lowest BCUT2D eigenvalue weighted by Gasteiger charge is -2.17. The number of rotatable bonds is 13. The molecule has 2 aromatic carbocycles. The van der Waals surface area contributed by atoms with Gasteiger partial charge in [0.2, 0.25) is 0 Å². The first-order chi connectivity index (χ1) is 14.0. The summed E-state index contributed by atoms with van der Waals surface area (Å²) in [5.41, 5.74) is 1.55. The van der Waals surface area contributed by atoms with Gasteiger partial charge in [-0.05, 0) is 43.4 Å². The summed E-state index contributed by atoms with van der Waals surface area (Å²) in [4.78, 5) is 12.5. The van der Waals surface area contributed by atoms with E-state index in [0.29, 0.717) is 36.8 Å². The maximum atomic E-state index is 14.0. The second-order valence-corrected chi connectivity index (χ2v) is 7.69. The molecule has 0 fully saturated rings. The highest BCUT2D eigenvalue weighted by molar-refractivity contribution is 5.96. The lowest BCUT2D eigenvalue weighted by atomic mass is 9.99. The number of Topliss-reactive ketones (excluding diaryl/α,β-unsaturated/α-hetero) is 1. The molecular weight excluding hydrogens is 365 g/mol. The van der Waals surface area contributed by atoms with Gasteiger partial charge in [-0.25, -0.2) is 4.39 Å². The van der Waals surface area contributed by atoms with Crippen molar-refractivity contribution in [2.24, 2.45) is 5.92 Å². The Morgan fingerprint density at radius 1 is 1.07 bits per heavy atom. The van der Waals surface area contributed by atoms with Gasteiger partial charge < -0.3 is 10.1 Å². The zero-order chi connectivity index (χ0) is 21.1. The number of ether oxygens (including phenoxy) is 1. The SMILES string of the molecule is CCCC(CCC)COc1cc(F)cc(C(=O)CCN[C@@H](C)c2ccccc2)c1.